The molecule has 1 aliphatic rings. The number of hydrogen-bond acceptors (Lipinski definition) is 4. The fourth-order valence-corrected chi connectivity index (χ4v) is 5.87. The monoisotopic (exact) mass is 512 g/mol. The van der Waals surface area contributed by atoms with Gasteiger partial charge in [-0.05, 0) is 64.9 Å². The third-order valence-electron chi connectivity index (χ3n) is 7.35. The maximum absolute atomic E-state index is 13.9. The molecule has 2 atom stereocenters. The zero-order chi connectivity index (χ0) is 25.8. The van der Waals surface area contributed by atoms with Gasteiger partial charge in [0.15, 0.2) is 0 Å². The standard InChI is InChI=1S/C30H38F2N2OS/c1-29(2,3)22-8-7-9-23(17-22)30(11-5-4-6-12-30)33-19-28(35)27(34-26-10-13-36-20-26)16-21-14-24(31)18-25(32)15-21/h7-10,13-15,17-18,20,27-28,33-35H,4-6,11-12,16,19H2,1-3H3. The maximum Gasteiger partial charge on any atom is 0.126 e. The molecule has 0 saturated heterocycles. The lowest BCUT2D eigenvalue weighted by molar-refractivity contribution is 0.122. The van der Waals surface area contributed by atoms with Crippen LogP contribution < -0.4 is 10.6 Å². The number of aliphatic hydroxyl groups is 1. The molecule has 1 heterocycles. The molecule has 2 aromatic carbocycles. The molecule has 1 aliphatic carbocycles. The fourth-order valence-electron chi connectivity index (χ4n) is 5.28. The Bertz CT molecular complexity index is 1100. The number of halogens is 2. The van der Waals surface area contributed by atoms with E-state index in [2.05, 4.69) is 55.7 Å². The Kier molecular flexibility index (Phi) is 8.48. The molecular weight excluding hydrogens is 474 g/mol. The molecule has 2 unspecified atom stereocenters. The van der Waals surface area contributed by atoms with E-state index in [1.54, 1.807) is 11.3 Å². The number of thiophene rings is 1. The topological polar surface area (TPSA) is 44.3 Å². The minimum absolute atomic E-state index is 0.0567. The van der Waals surface area contributed by atoms with Gasteiger partial charge in [0.05, 0.1) is 12.1 Å². The van der Waals surface area contributed by atoms with E-state index >= 15 is 0 Å². The average molecular weight is 513 g/mol. The second-order valence-electron chi connectivity index (χ2n) is 11.2. The van der Waals surface area contributed by atoms with Gasteiger partial charge in [0.2, 0.25) is 0 Å². The van der Waals surface area contributed by atoms with Crippen molar-refractivity contribution in [2.24, 2.45) is 0 Å². The van der Waals surface area contributed by atoms with Crippen LogP contribution in [0.15, 0.2) is 59.3 Å². The quantitative estimate of drug-likeness (QED) is 0.285. The van der Waals surface area contributed by atoms with Crippen molar-refractivity contribution in [3.8, 4) is 0 Å². The Morgan fingerprint density at radius 3 is 2.36 bits per heavy atom. The van der Waals surface area contributed by atoms with Gasteiger partial charge in [-0.1, -0.05) is 64.3 Å². The molecule has 1 saturated carbocycles. The molecule has 3 nitrogen and oxygen atoms in total. The zero-order valence-electron chi connectivity index (χ0n) is 21.5. The Labute approximate surface area is 218 Å². The molecule has 3 aromatic rings. The molecule has 0 amide bonds. The highest BCUT2D eigenvalue weighted by molar-refractivity contribution is 7.08. The molecule has 0 aliphatic heterocycles. The van der Waals surface area contributed by atoms with Crippen molar-refractivity contribution in [3.63, 3.8) is 0 Å². The van der Waals surface area contributed by atoms with Gasteiger partial charge in [-0.25, -0.2) is 8.78 Å². The molecule has 0 radical (unpaired) electrons. The Balaban J connectivity index is 1.55. The van der Waals surface area contributed by atoms with Crippen LogP contribution >= 0.6 is 11.3 Å². The first kappa shape index (κ1) is 26.8. The highest BCUT2D eigenvalue weighted by atomic mass is 32.1. The fraction of sp³-hybridized carbons (Fsp3) is 0.467. The molecule has 0 spiro atoms. The van der Waals surface area contributed by atoms with Gasteiger partial charge in [0.1, 0.15) is 11.6 Å². The van der Waals surface area contributed by atoms with Crippen LogP contribution in [-0.2, 0) is 17.4 Å². The number of nitrogens with one attached hydrogen (secondary N) is 2. The molecule has 0 bridgehead atoms. The Hall–Kier alpha value is -2.28. The molecule has 6 heteroatoms. The van der Waals surface area contributed by atoms with E-state index in [4.69, 9.17) is 0 Å². The number of hydrogen-bond donors (Lipinski definition) is 3. The molecule has 3 N–H and O–H groups in total. The van der Waals surface area contributed by atoms with Crippen molar-refractivity contribution >= 4 is 17.0 Å². The number of anilines is 1. The minimum atomic E-state index is -0.763. The Morgan fingerprint density at radius 1 is 1.00 bits per heavy atom. The normalized spacial score (nSPS) is 17.5. The van der Waals surface area contributed by atoms with E-state index in [1.165, 1.54) is 29.7 Å². The minimum Gasteiger partial charge on any atom is -0.390 e. The second-order valence-corrected chi connectivity index (χ2v) is 11.9. The van der Waals surface area contributed by atoms with E-state index in [9.17, 15) is 13.9 Å². The van der Waals surface area contributed by atoms with Crippen LogP contribution in [0, 0.1) is 11.6 Å². The van der Waals surface area contributed by atoms with E-state index in [1.807, 2.05) is 16.8 Å². The van der Waals surface area contributed by atoms with E-state index < -0.39 is 23.8 Å². The SMILES string of the molecule is CC(C)(C)c1cccc(C2(NCC(O)C(Cc3cc(F)cc(F)c3)Nc3ccsc3)CCCCC2)c1. The summed E-state index contributed by atoms with van der Waals surface area (Å²) in [5, 5.41) is 22.5. The number of rotatable bonds is 9. The number of aliphatic hydroxyl groups excluding tert-OH is 1. The summed E-state index contributed by atoms with van der Waals surface area (Å²) in [4.78, 5) is 0. The average Bonchev–Trinajstić information content (AvgIpc) is 3.35. The summed E-state index contributed by atoms with van der Waals surface area (Å²) in [5.74, 6) is -1.21. The van der Waals surface area contributed by atoms with Gasteiger partial charge in [0.25, 0.3) is 0 Å². The zero-order valence-corrected chi connectivity index (χ0v) is 22.3. The van der Waals surface area contributed by atoms with Gasteiger partial charge < -0.3 is 15.7 Å². The molecule has 1 aromatic heterocycles. The van der Waals surface area contributed by atoms with E-state index in [-0.39, 0.29) is 11.0 Å². The summed E-state index contributed by atoms with van der Waals surface area (Å²) in [7, 11) is 0. The van der Waals surface area contributed by atoms with Crippen LogP contribution in [-0.4, -0.2) is 23.8 Å². The predicted molar refractivity (Wildman–Crippen MR) is 146 cm³/mol. The molecule has 194 valence electrons. The van der Waals surface area contributed by atoms with Crippen molar-refractivity contribution in [2.75, 3.05) is 11.9 Å². The number of benzene rings is 2. The van der Waals surface area contributed by atoms with Crippen LogP contribution in [0.4, 0.5) is 14.5 Å². The largest absolute Gasteiger partial charge is 0.390 e. The highest BCUT2D eigenvalue weighted by Crippen LogP contribution is 2.38. The third-order valence-corrected chi connectivity index (χ3v) is 8.04. The van der Waals surface area contributed by atoms with Crippen molar-refractivity contribution in [3.05, 3.63) is 87.6 Å². The van der Waals surface area contributed by atoms with Gasteiger partial charge in [-0.3, -0.25) is 0 Å². The summed E-state index contributed by atoms with van der Waals surface area (Å²) in [6, 6.07) is 14.0. The summed E-state index contributed by atoms with van der Waals surface area (Å²) in [5.41, 5.74) is 3.85. The van der Waals surface area contributed by atoms with Crippen LogP contribution in [0.2, 0.25) is 0 Å². The molecule has 4 rings (SSSR count). The van der Waals surface area contributed by atoms with Gasteiger partial charge in [-0.15, -0.1) is 0 Å². The molecule has 1 fully saturated rings. The lowest BCUT2D eigenvalue weighted by Crippen LogP contribution is -2.50. The van der Waals surface area contributed by atoms with Gasteiger partial charge in [-0.2, -0.15) is 11.3 Å². The molecular formula is C30H38F2N2OS. The van der Waals surface area contributed by atoms with Gasteiger partial charge in [0, 0.05) is 29.2 Å². The second kappa shape index (κ2) is 11.4. The summed E-state index contributed by atoms with van der Waals surface area (Å²) >= 11 is 1.56. The molecule has 36 heavy (non-hydrogen) atoms. The highest BCUT2D eigenvalue weighted by Gasteiger charge is 2.35. The first-order valence-electron chi connectivity index (χ1n) is 12.9. The maximum atomic E-state index is 13.9. The first-order chi connectivity index (χ1) is 17.1. The van der Waals surface area contributed by atoms with Gasteiger partial charge >= 0.3 is 0 Å². The lowest BCUT2D eigenvalue weighted by atomic mass is 9.74. The van der Waals surface area contributed by atoms with Crippen molar-refractivity contribution in [1.82, 2.24) is 5.32 Å². The van der Waals surface area contributed by atoms with Crippen molar-refractivity contribution < 1.29 is 13.9 Å². The predicted octanol–water partition coefficient (Wildman–Crippen LogP) is 7.16. The van der Waals surface area contributed by atoms with Crippen LogP contribution in [0.3, 0.4) is 0 Å². The smallest absolute Gasteiger partial charge is 0.126 e. The summed E-state index contributed by atoms with van der Waals surface area (Å²) < 4.78 is 27.7. The van der Waals surface area contributed by atoms with Crippen molar-refractivity contribution in [2.45, 2.75) is 82.4 Å². The van der Waals surface area contributed by atoms with Crippen LogP contribution in [0.1, 0.15) is 69.6 Å². The summed E-state index contributed by atoms with van der Waals surface area (Å²) in [6.07, 6.45) is 5.08. The first-order valence-corrected chi connectivity index (χ1v) is 13.9. The lowest BCUT2D eigenvalue weighted by Gasteiger charge is -2.41. The Morgan fingerprint density at radius 2 is 1.72 bits per heavy atom. The third kappa shape index (κ3) is 6.72. The van der Waals surface area contributed by atoms with E-state index in [0.29, 0.717) is 18.5 Å². The summed E-state index contributed by atoms with van der Waals surface area (Å²) in [6.45, 7) is 7.06. The van der Waals surface area contributed by atoms with E-state index in [0.717, 1.165) is 37.4 Å². The van der Waals surface area contributed by atoms with Crippen molar-refractivity contribution in [1.29, 1.82) is 0 Å². The van der Waals surface area contributed by atoms with Crippen LogP contribution in [0.25, 0.3) is 0 Å². The van der Waals surface area contributed by atoms with Crippen LogP contribution in [0.5, 0.6) is 0 Å².